The third kappa shape index (κ3) is 3.05. The molecule has 4 nitrogen and oxygen atoms in total. The van der Waals surface area contributed by atoms with Gasteiger partial charge < -0.3 is 9.05 Å². The number of hydrogen-bond acceptors (Lipinski definition) is 4. The number of nitrogens with zero attached hydrogens (tertiary/aromatic N) is 1. The van der Waals surface area contributed by atoms with E-state index in [1.165, 1.54) is 14.2 Å². The van der Waals surface area contributed by atoms with Crippen molar-refractivity contribution >= 4 is 7.60 Å². The molecule has 18 heavy (non-hydrogen) atoms. The fourth-order valence-corrected chi connectivity index (χ4v) is 4.70. The molecule has 1 unspecified atom stereocenters. The molecule has 0 saturated carbocycles. The van der Waals surface area contributed by atoms with Crippen LogP contribution in [-0.2, 0) is 13.6 Å². The van der Waals surface area contributed by atoms with E-state index >= 15 is 0 Å². The summed E-state index contributed by atoms with van der Waals surface area (Å²) in [6, 6.07) is 0. The Bertz CT molecular complexity index is 297. The van der Waals surface area contributed by atoms with Crippen LogP contribution in [0.25, 0.3) is 0 Å². The molecule has 0 rings (SSSR count). The highest BCUT2D eigenvalue weighted by atomic mass is 31.2. The molecule has 108 valence electrons. The maximum atomic E-state index is 12.9. The Morgan fingerprint density at radius 2 is 1.78 bits per heavy atom. The molecule has 0 aromatic carbocycles. The van der Waals surface area contributed by atoms with Crippen LogP contribution in [0.1, 0.15) is 34.1 Å². The molecule has 0 heterocycles. The Morgan fingerprint density at radius 3 is 2.06 bits per heavy atom. The van der Waals surface area contributed by atoms with Gasteiger partial charge in [-0.15, -0.1) is 6.58 Å². The lowest BCUT2D eigenvalue weighted by Crippen LogP contribution is -2.51. The number of hydrogen-bond donors (Lipinski definition) is 0. The summed E-state index contributed by atoms with van der Waals surface area (Å²) in [6.07, 6.45) is 2.62. The van der Waals surface area contributed by atoms with Crippen LogP contribution < -0.4 is 0 Å². The molecule has 0 aromatic rings. The van der Waals surface area contributed by atoms with E-state index in [2.05, 4.69) is 32.3 Å². The van der Waals surface area contributed by atoms with Crippen molar-refractivity contribution in [1.82, 2.24) is 4.90 Å². The zero-order valence-corrected chi connectivity index (χ0v) is 13.5. The van der Waals surface area contributed by atoms with E-state index < -0.39 is 12.9 Å². The van der Waals surface area contributed by atoms with Crippen molar-refractivity contribution < 1.29 is 13.6 Å². The normalized spacial score (nSPS) is 17.5. The molecular weight excluding hydrogens is 249 g/mol. The molecule has 2 atom stereocenters. The molecule has 0 saturated heterocycles. The van der Waals surface area contributed by atoms with Crippen LogP contribution in [0.3, 0.4) is 0 Å². The minimum Gasteiger partial charge on any atom is -0.311 e. The van der Waals surface area contributed by atoms with Gasteiger partial charge in [-0.2, -0.15) is 0 Å². The van der Waals surface area contributed by atoms with Crippen molar-refractivity contribution in [3.63, 3.8) is 0 Å². The first-order valence-corrected chi connectivity index (χ1v) is 7.99. The van der Waals surface area contributed by atoms with Crippen molar-refractivity contribution in [2.75, 3.05) is 27.3 Å². The molecule has 5 heteroatoms. The molecule has 0 aliphatic heterocycles. The van der Waals surface area contributed by atoms with Crippen LogP contribution in [-0.4, -0.2) is 37.5 Å². The Labute approximate surface area is 112 Å². The first-order chi connectivity index (χ1) is 8.37. The molecule has 0 spiro atoms. The van der Waals surface area contributed by atoms with Gasteiger partial charge in [0, 0.05) is 14.2 Å². The third-order valence-corrected chi connectivity index (χ3v) is 6.69. The summed E-state index contributed by atoms with van der Waals surface area (Å²) in [4.78, 5) is 2.15. The minimum absolute atomic E-state index is 0.126. The lowest BCUT2D eigenvalue weighted by Gasteiger charge is -2.46. The van der Waals surface area contributed by atoms with Crippen molar-refractivity contribution in [2.45, 2.75) is 39.4 Å². The maximum Gasteiger partial charge on any atom is 0.350 e. The molecular formula is C13H28NO3P. The van der Waals surface area contributed by atoms with E-state index in [0.29, 0.717) is 0 Å². The second-order valence-corrected chi connectivity index (χ2v) is 7.19. The molecule has 0 radical (unpaired) electrons. The van der Waals surface area contributed by atoms with E-state index in [-0.39, 0.29) is 5.92 Å². The van der Waals surface area contributed by atoms with Gasteiger partial charge in [-0.25, -0.2) is 0 Å². The Morgan fingerprint density at radius 1 is 1.33 bits per heavy atom. The third-order valence-electron chi connectivity index (χ3n) is 3.89. The number of allylic oxidation sites excluding steroid dienone is 1. The number of rotatable bonds is 9. The highest BCUT2D eigenvalue weighted by Gasteiger charge is 2.52. The lowest BCUT2D eigenvalue weighted by molar-refractivity contribution is 0.0940. The van der Waals surface area contributed by atoms with Crippen LogP contribution in [0.5, 0.6) is 0 Å². The van der Waals surface area contributed by atoms with Crippen LogP contribution in [0.2, 0.25) is 0 Å². The van der Waals surface area contributed by atoms with E-state index in [4.69, 9.17) is 9.05 Å². The minimum atomic E-state index is -3.20. The van der Waals surface area contributed by atoms with Crippen molar-refractivity contribution in [2.24, 2.45) is 5.92 Å². The van der Waals surface area contributed by atoms with Crippen LogP contribution in [0, 0.1) is 5.92 Å². The summed E-state index contributed by atoms with van der Waals surface area (Å²) in [5.41, 5.74) is 0. The Hall–Kier alpha value is -0.150. The average Bonchev–Trinajstić information content (AvgIpc) is 2.38. The first kappa shape index (κ1) is 17.8. The quantitative estimate of drug-likeness (QED) is 0.475. The Balaban J connectivity index is 5.66. The smallest absolute Gasteiger partial charge is 0.311 e. The zero-order chi connectivity index (χ0) is 14.4. The second kappa shape index (κ2) is 7.44. The molecule has 0 aromatic heterocycles. The highest BCUT2D eigenvalue weighted by molar-refractivity contribution is 7.55. The van der Waals surface area contributed by atoms with Gasteiger partial charge in [0.2, 0.25) is 0 Å². The maximum absolute atomic E-state index is 12.9. The van der Waals surface area contributed by atoms with E-state index in [0.717, 1.165) is 19.5 Å². The molecule has 0 N–H and O–H groups in total. The molecule has 0 bridgehead atoms. The van der Waals surface area contributed by atoms with Gasteiger partial charge in [0.25, 0.3) is 0 Å². The van der Waals surface area contributed by atoms with E-state index in [1.54, 1.807) is 0 Å². The molecule has 0 aliphatic carbocycles. The first-order valence-electron chi connectivity index (χ1n) is 6.45. The van der Waals surface area contributed by atoms with Crippen LogP contribution >= 0.6 is 7.60 Å². The average molecular weight is 277 g/mol. The Kier molecular flexibility index (Phi) is 7.38. The van der Waals surface area contributed by atoms with Gasteiger partial charge in [-0.05, 0) is 32.4 Å². The summed E-state index contributed by atoms with van der Waals surface area (Å²) < 4.78 is 23.5. The molecule has 0 aliphatic rings. The highest BCUT2D eigenvalue weighted by Crippen LogP contribution is 2.63. The van der Waals surface area contributed by atoms with Gasteiger partial charge in [-0.3, -0.25) is 9.46 Å². The monoisotopic (exact) mass is 277 g/mol. The van der Waals surface area contributed by atoms with Gasteiger partial charge in [-0.1, -0.05) is 26.8 Å². The lowest BCUT2D eigenvalue weighted by atomic mass is 9.97. The van der Waals surface area contributed by atoms with Crippen molar-refractivity contribution in [1.29, 1.82) is 0 Å². The summed E-state index contributed by atoms with van der Waals surface area (Å²) in [6.45, 7) is 13.5. The summed E-state index contributed by atoms with van der Waals surface area (Å²) in [5.74, 6) is 0.126. The van der Waals surface area contributed by atoms with Crippen LogP contribution in [0.15, 0.2) is 12.7 Å². The second-order valence-electron chi connectivity index (χ2n) is 4.55. The molecule has 0 amide bonds. The predicted octanol–water partition coefficient (Wildman–Crippen LogP) is 3.74. The SMILES string of the molecule is C=CC[C@H](C)C(C)(N(CC)CC)P(=O)(OC)OC. The fraction of sp³-hybridized carbons (Fsp3) is 0.846. The van der Waals surface area contributed by atoms with Gasteiger partial charge in [0.1, 0.15) is 5.28 Å². The topological polar surface area (TPSA) is 38.8 Å². The standard InChI is InChI=1S/C13H28NO3P/c1-8-11-12(4)13(5,14(9-2)10-3)18(15,16-6)17-7/h8,12H,1,9-11H2,2-7H3/t12-,13?/m0/s1. The van der Waals surface area contributed by atoms with Crippen molar-refractivity contribution in [3.8, 4) is 0 Å². The van der Waals surface area contributed by atoms with E-state index in [1.807, 2.05) is 13.0 Å². The fourth-order valence-electron chi connectivity index (χ4n) is 2.54. The molecule has 0 fully saturated rings. The summed E-state index contributed by atoms with van der Waals surface area (Å²) in [7, 11) is -0.298. The largest absolute Gasteiger partial charge is 0.350 e. The summed E-state index contributed by atoms with van der Waals surface area (Å²) in [5, 5.41) is -0.645. The van der Waals surface area contributed by atoms with Crippen LogP contribution in [0.4, 0.5) is 0 Å². The zero-order valence-electron chi connectivity index (χ0n) is 12.6. The van der Waals surface area contributed by atoms with Crippen molar-refractivity contribution in [3.05, 3.63) is 12.7 Å². The summed E-state index contributed by atoms with van der Waals surface area (Å²) >= 11 is 0. The van der Waals surface area contributed by atoms with Gasteiger partial charge >= 0.3 is 7.60 Å². The van der Waals surface area contributed by atoms with Gasteiger partial charge in [0.15, 0.2) is 0 Å². The van der Waals surface area contributed by atoms with Gasteiger partial charge in [0.05, 0.1) is 0 Å². The predicted molar refractivity (Wildman–Crippen MR) is 76.9 cm³/mol. The van der Waals surface area contributed by atoms with E-state index in [9.17, 15) is 4.57 Å².